The lowest BCUT2D eigenvalue weighted by atomic mass is 10.1. The second-order valence-electron chi connectivity index (χ2n) is 6.50. The maximum Gasteiger partial charge on any atom is 0.277 e. The molecule has 176 valence electrons. The van der Waals surface area contributed by atoms with Gasteiger partial charge in [-0.3, -0.25) is 9.63 Å². The molecule has 1 atom stereocenters. The van der Waals surface area contributed by atoms with Crippen LogP contribution in [0.3, 0.4) is 0 Å². The summed E-state index contributed by atoms with van der Waals surface area (Å²) >= 11 is 0.659. The molecule has 2 aromatic rings. The van der Waals surface area contributed by atoms with Crippen molar-refractivity contribution in [2.24, 2.45) is 0 Å². The van der Waals surface area contributed by atoms with E-state index >= 15 is 0 Å². The Kier molecular flexibility index (Phi) is 10.5. The molecule has 0 radical (unpaired) electrons. The number of anilines is 2. The fourth-order valence-corrected chi connectivity index (χ4v) is 3.47. The molecule has 1 unspecified atom stereocenters. The van der Waals surface area contributed by atoms with Gasteiger partial charge in [0, 0.05) is 9.13 Å². The minimum atomic E-state index is -1.47. The summed E-state index contributed by atoms with van der Waals surface area (Å²) in [5.41, 5.74) is 0.340. The van der Waals surface area contributed by atoms with E-state index in [0.717, 1.165) is 12.1 Å². The summed E-state index contributed by atoms with van der Waals surface area (Å²) in [6, 6.07) is 4.97. The zero-order valence-corrected chi connectivity index (χ0v) is 19.8. The second-order valence-corrected chi connectivity index (χ2v) is 9.30. The number of amides is 1. The first-order valence-electron chi connectivity index (χ1n) is 9.13. The van der Waals surface area contributed by atoms with Gasteiger partial charge < -0.3 is 20.2 Å². The Labute approximate surface area is 199 Å². The van der Waals surface area contributed by atoms with E-state index in [-0.39, 0.29) is 30.2 Å². The van der Waals surface area contributed by atoms with E-state index in [0.29, 0.717) is 8.63 Å². The SMILES string of the molecule is C[S+]([O-])CCN(O)Cc1cc(C(=O)NOCCO)c(Nc2ccc(I)cc2F)c(F)c1F. The number of hydrogen-bond acceptors (Lipinski definition) is 7. The monoisotopic (exact) mass is 587 g/mol. The third kappa shape index (κ3) is 7.47. The third-order valence-corrected chi connectivity index (χ3v) is 5.49. The molecule has 0 aliphatic carbocycles. The van der Waals surface area contributed by atoms with Crippen LogP contribution in [0, 0.1) is 21.0 Å². The summed E-state index contributed by atoms with van der Waals surface area (Å²) in [6.45, 7) is -1.25. The number of hydrogen-bond donors (Lipinski definition) is 4. The molecule has 4 N–H and O–H groups in total. The second kappa shape index (κ2) is 12.6. The summed E-state index contributed by atoms with van der Waals surface area (Å²) in [5.74, 6) is -4.48. The number of hydroxylamine groups is 3. The van der Waals surface area contributed by atoms with Gasteiger partial charge >= 0.3 is 0 Å². The van der Waals surface area contributed by atoms with Crippen LogP contribution in [0.2, 0.25) is 0 Å². The minimum absolute atomic E-state index is 0.0842. The molecule has 2 aromatic carbocycles. The zero-order valence-electron chi connectivity index (χ0n) is 16.8. The predicted octanol–water partition coefficient (Wildman–Crippen LogP) is 2.68. The number of nitrogens with one attached hydrogen (secondary N) is 2. The Morgan fingerprint density at radius 1 is 1.28 bits per heavy atom. The Bertz CT molecular complexity index is 955. The smallest absolute Gasteiger partial charge is 0.277 e. The lowest BCUT2D eigenvalue weighted by molar-refractivity contribution is -0.0946. The van der Waals surface area contributed by atoms with Gasteiger partial charge in [0.2, 0.25) is 0 Å². The standard InChI is InChI=1S/C19H21F3IN3O5S/c1-32(30)7-4-26(29)10-11-8-13(19(28)25-31-6-5-27)18(17(22)16(11)21)24-15-3-2-12(23)9-14(15)20/h2-3,8-9,24,27,29H,4-7,10H2,1H3,(H,25,28). The minimum Gasteiger partial charge on any atom is -0.617 e. The first kappa shape index (κ1) is 26.6. The molecule has 1 amide bonds. The number of benzene rings is 2. The third-order valence-electron chi connectivity index (χ3n) is 4.07. The van der Waals surface area contributed by atoms with Crippen molar-refractivity contribution in [2.45, 2.75) is 6.54 Å². The van der Waals surface area contributed by atoms with E-state index in [4.69, 9.17) is 9.94 Å². The molecule has 0 bridgehead atoms. The number of rotatable bonds is 11. The molecule has 8 nitrogen and oxygen atoms in total. The lowest BCUT2D eigenvalue weighted by Crippen LogP contribution is -2.28. The van der Waals surface area contributed by atoms with Gasteiger partial charge in [-0.25, -0.2) is 18.7 Å². The van der Waals surface area contributed by atoms with Gasteiger partial charge in [0.1, 0.15) is 11.6 Å². The molecule has 0 aliphatic rings. The highest BCUT2D eigenvalue weighted by Crippen LogP contribution is 2.31. The van der Waals surface area contributed by atoms with Crippen LogP contribution in [0.5, 0.6) is 0 Å². The normalized spacial score (nSPS) is 12.2. The quantitative estimate of drug-likeness (QED) is 0.138. The van der Waals surface area contributed by atoms with Crippen LogP contribution in [-0.2, 0) is 22.6 Å². The average molecular weight is 587 g/mol. The largest absolute Gasteiger partial charge is 0.617 e. The lowest BCUT2D eigenvalue weighted by Gasteiger charge is -2.19. The van der Waals surface area contributed by atoms with E-state index in [9.17, 15) is 27.7 Å². The van der Waals surface area contributed by atoms with Gasteiger partial charge in [0.25, 0.3) is 5.91 Å². The van der Waals surface area contributed by atoms with Crippen molar-refractivity contribution < 1.29 is 37.7 Å². The molecule has 0 spiro atoms. The van der Waals surface area contributed by atoms with Crippen molar-refractivity contribution in [1.82, 2.24) is 10.5 Å². The highest BCUT2D eigenvalue weighted by Gasteiger charge is 2.25. The number of aliphatic hydroxyl groups is 1. The Morgan fingerprint density at radius 2 is 2.00 bits per heavy atom. The average Bonchev–Trinajstić information content (AvgIpc) is 2.73. The van der Waals surface area contributed by atoms with Gasteiger partial charge in [0.15, 0.2) is 11.6 Å². The molecule has 2 rings (SSSR count). The summed E-state index contributed by atoms with van der Waals surface area (Å²) in [4.78, 5) is 17.3. The van der Waals surface area contributed by atoms with Crippen molar-refractivity contribution in [1.29, 1.82) is 0 Å². The number of aliphatic hydroxyl groups excluding tert-OH is 1. The molecule has 0 saturated carbocycles. The van der Waals surface area contributed by atoms with E-state index < -0.39 is 58.9 Å². The molecule has 0 heterocycles. The summed E-state index contributed by atoms with van der Waals surface area (Å²) in [5, 5.41) is 21.7. The highest BCUT2D eigenvalue weighted by molar-refractivity contribution is 14.1. The topological polar surface area (TPSA) is 117 Å². The molecule has 0 aromatic heterocycles. The van der Waals surface area contributed by atoms with Gasteiger partial charge in [-0.1, -0.05) is 11.2 Å². The van der Waals surface area contributed by atoms with E-state index in [2.05, 4.69) is 5.32 Å². The molecule has 32 heavy (non-hydrogen) atoms. The van der Waals surface area contributed by atoms with E-state index in [1.54, 1.807) is 0 Å². The predicted molar refractivity (Wildman–Crippen MR) is 120 cm³/mol. The summed E-state index contributed by atoms with van der Waals surface area (Å²) in [6.07, 6.45) is 1.42. The maximum absolute atomic E-state index is 15.0. The molecule has 0 fully saturated rings. The molecule has 13 heteroatoms. The van der Waals surface area contributed by atoms with Crippen LogP contribution in [0.1, 0.15) is 15.9 Å². The number of carbonyl (C=O) groups is 1. The van der Waals surface area contributed by atoms with Crippen LogP contribution in [0.15, 0.2) is 24.3 Å². The first-order chi connectivity index (χ1) is 15.1. The van der Waals surface area contributed by atoms with Crippen molar-refractivity contribution >= 4 is 51.0 Å². The number of carbonyl (C=O) groups excluding carboxylic acids is 1. The van der Waals surface area contributed by atoms with Crippen molar-refractivity contribution in [3.63, 3.8) is 0 Å². The molecular formula is C19H21F3IN3O5S. The maximum atomic E-state index is 15.0. The first-order valence-corrected chi connectivity index (χ1v) is 11.9. The molecular weight excluding hydrogens is 566 g/mol. The fraction of sp³-hybridized carbons (Fsp3) is 0.316. The van der Waals surface area contributed by atoms with Gasteiger partial charge in [0.05, 0.1) is 49.5 Å². The molecule has 0 saturated heterocycles. The molecule has 0 aliphatic heterocycles. The Hall–Kier alpha value is -1.62. The van der Waals surface area contributed by atoms with Crippen LogP contribution in [-0.4, -0.2) is 57.6 Å². The van der Waals surface area contributed by atoms with Gasteiger partial charge in [-0.05, 0) is 46.9 Å². The van der Waals surface area contributed by atoms with Crippen molar-refractivity contribution in [2.75, 3.05) is 37.1 Å². The fourth-order valence-electron chi connectivity index (χ4n) is 2.55. The highest BCUT2D eigenvalue weighted by atomic mass is 127. The van der Waals surface area contributed by atoms with Crippen LogP contribution < -0.4 is 10.8 Å². The van der Waals surface area contributed by atoms with Crippen molar-refractivity contribution in [3.8, 4) is 0 Å². The van der Waals surface area contributed by atoms with Crippen LogP contribution in [0.4, 0.5) is 24.5 Å². The van der Waals surface area contributed by atoms with Gasteiger partial charge in [-0.15, -0.1) is 0 Å². The van der Waals surface area contributed by atoms with Crippen LogP contribution >= 0.6 is 22.6 Å². The van der Waals surface area contributed by atoms with E-state index in [1.807, 2.05) is 28.1 Å². The van der Waals surface area contributed by atoms with Crippen LogP contribution in [0.25, 0.3) is 0 Å². The summed E-state index contributed by atoms with van der Waals surface area (Å²) < 4.78 is 55.7. The summed E-state index contributed by atoms with van der Waals surface area (Å²) in [7, 11) is 0. The number of halogens is 4. The zero-order chi connectivity index (χ0) is 23.8. The van der Waals surface area contributed by atoms with Gasteiger partial charge in [-0.2, -0.15) is 5.06 Å². The Balaban J connectivity index is 2.43. The van der Waals surface area contributed by atoms with E-state index in [1.165, 1.54) is 18.4 Å². The Morgan fingerprint density at radius 3 is 2.62 bits per heavy atom. The number of nitrogens with zero attached hydrogens (tertiary/aromatic N) is 1. The van der Waals surface area contributed by atoms with Crippen molar-refractivity contribution in [3.05, 3.63) is 56.4 Å².